The highest BCUT2D eigenvalue weighted by Crippen LogP contribution is 2.53. The summed E-state index contributed by atoms with van der Waals surface area (Å²) in [6.07, 6.45) is -9.38. The Balaban J connectivity index is 2.69. The molecular formula is C14H11F7N2. The van der Waals surface area contributed by atoms with E-state index in [2.05, 4.69) is 5.10 Å². The van der Waals surface area contributed by atoms with E-state index in [1.165, 1.54) is 37.0 Å². The minimum atomic E-state index is -6.13. The molecular weight excluding hydrogens is 329 g/mol. The maximum absolute atomic E-state index is 14.1. The predicted molar refractivity (Wildman–Crippen MR) is 67.9 cm³/mol. The quantitative estimate of drug-likeness (QED) is 0.720. The molecule has 0 bridgehead atoms. The summed E-state index contributed by atoms with van der Waals surface area (Å²) >= 11 is 0. The summed E-state index contributed by atoms with van der Waals surface area (Å²) in [6.45, 7) is 2.58. The lowest BCUT2D eigenvalue weighted by molar-refractivity contribution is -0.348. The first-order valence-electron chi connectivity index (χ1n) is 6.33. The second kappa shape index (κ2) is 5.24. The second-order valence-corrected chi connectivity index (χ2v) is 5.06. The van der Waals surface area contributed by atoms with E-state index < -0.39 is 23.6 Å². The number of hydrogen-bond acceptors (Lipinski definition) is 1. The van der Waals surface area contributed by atoms with E-state index in [1.807, 2.05) is 0 Å². The van der Waals surface area contributed by atoms with Crippen LogP contribution in [0.5, 0.6) is 0 Å². The fourth-order valence-electron chi connectivity index (χ4n) is 2.41. The Morgan fingerprint density at radius 2 is 1.35 bits per heavy atom. The van der Waals surface area contributed by atoms with Gasteiger partial charge in [-0.1, -0.05) is 12.1 Å². The summed E-state index contributed by atoms with van der Waals surface area (Å²) in [5.41, 5.74) is -6.55. The summed E-state index contributed by atoms with van der Waals surface area (Å²) in [7, 11) is 0. The van der Waals surface area contributed by atoms with E-state index in [0.29, 0.717) is 17.8 Å². The molecule has 0 aliphatic carbocycles. The molecule has 0 radical (unpaired) electrons. The van der Waals surface area contributed by atoms with Gasteiger partial charge >= 0.3 is 18.0 Å². The third kappa shape index (κ3) is 2.68. The zero-order chi connectivity index (χ0) is 17.6. The number of benzene rings is 1. The largest absolute Gasteiger partial charge is 0.435 e. The van der Waals surface area contributed by atoms with Crippen LogP contribution in [0.15, 0.2) is 30.6 Å². The van der Waals surface area contributed by atoms with Crippen molar-refractivity contribution in [1.82, 2.24) is 9.78 Å². The lowest BCUT2D eigenvalue weighted by atomic mass is 9.90. The highest BCUT2D eigenvalue weighted by molar-refractivity contribution is 5.50. The first kappa shape index (κ1) is 17.3. The van der Waals surface area contributed by atoms with Crippen molar-refractivity contribution in [3.05, 3.63) is 47.3 Å². The molecule has 0 saturated carbocycles. The predicted octanol–water partition coefficient (Wildman–Crippen LogP) is 4.78. The van der Waals surface area contributed by atoms with Gasteiger partial charge in [0.15, 0.2) is 0 Å². The average molecular weight is 340 g/mol. The molecule has 0 saturated heterocycles. The molecule has 2 rings (SSSR count). The first-order chi connectivity index (χ1) is 10.4. The number of hydrogen-bond donors (Lipinski definition) is 0. The number of aromatic nitrogens is 2. The van der Waals surface area contributed by atoms with E-state index in [4.69, 9.17) is 0 Å². The van der Waals surface area contributed by atoms with Gasteiger partial charge in [0.25, 0.3) is 0 Å². The monoisotopic (exact) mass is 340 g/mol. The molecule has 0 fully saturated rings. The van der Waals surface area contributed by atoms with Crippen LogP contribution in [-0.4, -0.2) is 22.1 Å². The molecule has 0 unspecified atom stereocenters. The van der Waals surface area contributed by atoms with Gasteiger partial charge in [0, 0.05) is 18.0 Å². The van der Waals surface area contributed by atoms with Gasteiger partial charge in [-0.3, -0.25) is 0 Å². The van der Waals surface area contributed by atoms with Gasteiger partial charge in [-0.25, -0.2) is 9.07 Å². The van der Waals surface area contributed by atoms with Crippen LogP contribution in [0.25, 0.3) is 5.69 Å². The van der Waals surface area contributed by atoms with Crippen LogP contribution in [0.3, 0.4) is 0 Å². The molecule has 0 spiro atoms. The van der Waals surface area contributed by atoms with Crippen LogP contribution in [0.1, 0.15) is 16.7 Å². The van der Waals surface area contributed by atoms with Gasteiger partial charge in [0.1, 0.15) is 0 Å². The maximum atomic E-state index is 14.1. The van der Waals surface area contributed by atoms with Crippen LogP contribution >= 0.6 is 0 Å². The molecule has 0 aliphatic rings. The van der Waals surface area contributed by atoms with Crippen molar-refractivity contribution in [3.8, 4) is 5.69 Å². The SMILES string of the molecule is Cc1cc(C(F)(C(F)(F)F)C(F)(F)F)cc(C)c1-n1cccn1. The molecule has 9 heteroatoms. The summed E-state index contributed by atoms with van der Waals surface area (Å²) in [4.78, 5) is 0. The third-order valence-corrected chi connectivity index (χ3v) is 3.40. The van der Waals surface area contributed by atoms with Crippen molar-refractivity contribution in [2.75, 3.05) is 0 Å². The Labute approximate surface area is 126 Å². The minimum Gasteiger partial charge on any atom is -0.240 e. The smallest absolute Gasteiger partial charge is 0.240 e. The third-order valence-electron chi connectivity index (χ3n) is 3.40. The second-order valence-electron chi connectivity index (χ2n) is 5.06. The molecule has 0 atom stereocenters. The summed E-state index contributed by atoms with van der Waals surface area (Å²) in [5, 5.41) is 3.88. The Morgan fingerprint density at radius 1 is 0.870 bits per heavy atom. The van der Waals surface area contributed by atoms with Crippen molar-refractivity contribution >= 4 is 0 Å². The van der Waals surface area contributed by atoms with Gasteiger partial charge in [-0.15, -0.1) is 0 Å². The zero-order valence-electron chi connectivity index (χ0n) is 11.9. The summed E-state index contributed by atoms with van der Waals surface area (Å²) in [6, 6.07) is 2.63. The highest BCUT2D eigenvalue weighted by atomic mass is 19.4. The van der Waals surface area contributed by atoms with E-state index in [0.717, 1.165) is 0 Å². The van der Waals surface area contributed by atoms with Crippen LogP contribution in [0, 0.1) is 13.8 Å². The van der Waals surface area contributed by atoms with Crippen molar-refractivity contribution in [2.45, 2.75) is 31.9 Å². The zero-order valence-corrected chi connectivity index (χ0v) is 11.9. The molecule has 2 aromatic rings. The Bertz CT molecular complexity index is 662. The molecule has 1 aromatic heterocycles. The number of rotatable bonds is 2. The molecule has 0 N–H and O–H groups in total. The lowest BCUT2D eigenvalue weighted by Gasteiger charge is -2.31. The van der Waals surface area contributed by atoms with Crippen LogP contribution in [-0.2, 0) is 5.67 Å². The molecule has 0 aliphatic heterocycles. The van der Waals surface area contributed by atoms with E-state index in [9.17, 15) is 30.7 Å². The summed E-state index contributed by atoms with van der Waals surface area (Å²) in [5.74, 6) is 0. The summed E-state index contributed by atoms with van der Waals surface area (Å²) < 4.78 is 92.3. The van der Waals surface area contributed by atoms with Crippen molar-refractivity contribution < 1.29 is 30.7 Å². The standard InChI is InChI=1S/C14H11F7N2/c1-8-6-10(12(15,13(16,17)18)14(19,20)21)7-9(2)11(8)23-5-3-4-22-23/h3-7H,1-2H3. The van der Waals surface area contributed by atoms with Gasteiger partial charge in [0.2, 0.25) is 0 Å². The van der Waals surface area contributed by atoms with Gasteiger partial charge in [-0.2, -0.15) is 31.4 Å². The number of nitrogens with zero attached hydrogens (tertiary/aromatic N) is 2. The Hall–Kier alpha value is -2.06. The van der Waals surface area contributed by atoms with Gasteiger partial charge in [0.05, 0.1) is 5.69 Å². The van der Waals surface area contributed by atoms with E-state index >= 15 is 0 Å². The first-order valence-corrected chi connectivity index (χ1v) is 6.33. The molecule has 1 heterocycles. The van der Waals surface area contributed by atoms with Crippen molar-refractivity contribution in [2.24, 2.45) is 0 Å². The Morgan fingerprint density at radius 3 is 1.70 bits per heavy atom. The average Bonchev–Trinajstić information content (AvgIpc) is 2.87. The van der Waals surface area contributed by atoms with Crippen molar-refractivity contribution in [1.29, 1.82) is 0 Å². The maximum Gasteiger partial charge on any atom is 0.435 e. The minimum absolute atomic E-state index is 0.0409. The fraction of sp³-hybridized carbons (Fsp3) is 0.357. The van der Waals surface area contributed by atoms with Crippen LogP contribution < -0.4 is 0 Å². The number of aryl methyl sites for hydroxylation is 2. The molecule has 23 heavy (non-hydrogen) atoms. The number of halogens is 7. The molecule has 126 valence electrons. The number of alkyl halides is 7. The normalized spacial score (nSPS) is 13.4. The van der Waals surface area contributed by atoms with Crippen LogP contribution in [0.4, 0.5) is 30.7 Å². The van der Waals surface area contributed by atoms with E-state index in [1.54, 1.807) is 0 Å². The molecule has 1 aromatic carbocycles. The molecule has 2 nitrogen and oxygen atoms in total. The topological polar surface area (TPSA) is 17.8 Å². The van der Waals surface area contributed by atoms with Crippen LogP contribution in [0.2, 0.25) is 0 Å². The van der Waals surface area contributed by atoms with E-state index in [-0.39, 0.29) is 11.1 Å². The van der Waals surface area contributed by atoms with Gasteiger partial charge < -0.3 is 0 Å². The Kier molecular flexibility index (Phi) is 3.94. The van der Waals surface area contributed by atoms with Crippen molar-refractivity contribution in [3.63, 3.8) is 0 Å². The fourth-order valence-corrected chi connectivity index (χ4v) is 2.41. The van der Waals surface area contributed by atoms with Gasteiger partial charge in [-0.05, 0) is 31.0 Å². The molecule has 0 amide bonds. The lowest BCUT2D eigenvalue weighted by Crippen LogP contribution is -2.50. The highest BCUT2D eigenvalue weighted by Gasteiger charge is 2.73.